The number of piperazine rings is 1. The summed E-state index contributed by atoms with van der Waals surface area (Å²) in [4.78, 5) is 18.5. The number of fused-ring (bicyclic) bond motifs is 1. The van der Waals surface area contributed by atoms with E-state index in [4.69, 9.17) is 14.5 Å². The Bertz CT molecular complexity index is 1350. The number of rotatable bonds is 6. The number of benzene rings is 2. The lowest BCUT2D eigenvalue weighted by Crippen LogP contribution is -2.45. The van der Waals surface area contributed by atoms with Crippen molar-refractivity contribution in [3.05, 3.63) is 77.7 Å². The van der Waals surface area contributed by atoms with E-state index < -0.39 is 5.82 Å². The van der Waals surface area contributed by atoms with Gasteiger partial charge in [-0.25, -0.2) is 9.37 Å². The molecule has 1 unspecified atom stereocenters. The summed E-state index contributed by atoms with van der Waals surface area (Å²) in [6.07, 6.45) is 2.52. The summed E-state index contributed by atoms with van der Waals surface area (Å²) in [5, 5.41) is 4.17. The minimum atomic E-state index is -0.391. The maximum atomic E-state index is 14.2. The quantitative estimate of drug-likeness (QED) is 0.345. The molecule has 1 aliphatic heterocycles. The highest BCUT2D eigenvalue weighted by atomic mass is 35.5. The molecule has 1 N–H and O–H groups in total. The average molecular weight is 533 g/mol. The van der Waals surface area contributed by atoms with Crippen LogP contribution in [0.1, 0.15) is 17.2 Å². The van der Waals surface area contributed by atoms with Crippen molar-refractivity contribution < 1.29 is 18.7 Å². The standard InChI is InChI=1S/C26H25FN4O3.2ClH/c1-17-8-9-18(27)12-23(17)34-26-24(22-15-28-10-11-30(22)16-32)21-13-20(33-2)14-29-25(21)31(26)19-6-4-3-5-7-19;;/h3-9,12-14,16,22,28H,10-11,15H2,1-2H3;2*1H. The first kappa shape index (κ1) is 27.3. The van der Waals surface area contributed by atoms with Gasteiger partial charge in [0.15, 0.2) is 0 Å². The van der Waals surface area contributed by atoms with Crippen LogP contribution >= 0.6 is 24.8 Å². The molecule has 3 heterocycles. The molecule has 5 rings (SSSR count). The maximum Gasteiger partial charge on any atom is 0.212 e. The number of halogens is 3. The summed E-state index contributed by atoms with van der Waals surface area (Å²) in [6.45, 7) is 3.67. The summed E-state index contributed by atoms with van der Waals surface area (Å²) >= 11 is 0. The van der Waals surface area contributed by atoms with Crippen LogP contribution in [0.15, 0.2) is 60.8 Å². The largest absolute Gasteiger partial charge is 0.495 e. The van der Waals surface area contributed by atoms with E-state index in [0.29, 0.717) is 42.7 Å². The summed E-state index contributed by atoms with van der Waals surface area (Å²) in [6, 6.07) is 15.8. The molecule has 36 heavy (non-hydrogen) atoms. The van der Waals surface area contributed by atoms with E-state index in [1.54, 1.807) is 24.3 Å². The maximum absolute atomic E-state index is 14.2. The van der Waals surface area contributed by atoms with Crippen molar-refractivity contribution in [2.24, 2.45) is 0 Å². The van der Waals surface area contributed by atoms with Crippen molar-refractivity contribution in [2.75, 3.05) is 26.7 Å². The fraction of sp³-hybridized carbons (Fsp3) is 0.231. The highest BCUT2D eigenvalue weighted by molar-refractivity contribution is 5.88. The molecule has 1 saturated heterocycles. The second-order valence-corrected chi connectivity index (χ2v) is 8.21. The number of hydrogen-bond acceptors (Lipinski definition) is 5. The zero-order valence-corrected chi connectivity index (χ0v) is 21.4. The van der Waals surface area contributed by atoms with Crippen LogP contribution in [0.25, 0.3) is 16.7 Å². The van der Waals surface area contributed by atoms with E-state index in [0.717, 1.165) is 28.6 Å². The minimum absolute atomic E-state index is 0. The van der Waals surface area contributed by atoms with Gasteiger partial charge in [0.05, 0.1) is 25.0 Å². The van der Waals surface area contributed by atoms with E-state index in [1.165, 1.54) is 12.1 Å². The Morgan fingerprint density at radius 2 is 1.92 bits per heavy atom. The van der Waals surface area contributed by atoms with E-state index in [9.17, 15) is 9.18 Å². The van der Waals surface area contributed by atoms with Gasteiger partial charge < -0.3 is 19.7 Å². The summed E-state index contributed by atoms with van der Waals surface area (Å²) in [5.74, 6) is 1.08. The molecular formula is C26H27Cl2FN4O3. The molecule has 2 aromatic heterocycles. The zero-order valence-electron chi connectivity index (χ0n) is 19.8. The Morgan fingerprint density at radius 1 is 1.14 bits per heavy atom. The molecule has 4 aromatic rings. The molecule has 1 aliphatic rings. The number of carbonyl (C=O) groups is 1. The highest BCUT2D eigenvalue weighted by Gasteiger charge is 2.33. The summed E-state index contributed by atoms with van der Waals surface area (Å²) < 4.78 is 28.0. The second-order valence-electron chi connectivity index (χ2n) is 8.21. The average Bonchev–Trinajstić information content (AvgIpc) is 3.19. The number of pyridine rings is 1. The van der Waals surface area contributed by atoms with Crippen LogP contribution in [0.5, 0.6) is 17.4 Å². The predicted molar refractivity (Wildman–Crippen MR) is 142 cm³/mol. The Kier molecular flexibility index (Phi) is 8.79. The predicted octanol–water partition coefficient (Wildman–Crippen LogP) is 5.22. The smallest absolute Gasteiger partial charge is 0.212 e. The molecule has 1 amide bonds. The molecule has 0 radical (unpaired) electrons. The number of hydrogen-bond donors (Lipinski definition) is 1. The highest BCUT2D eigenvalue weighted by Crippen LogP contribution is 2.43. The third-order valence-corrected chi connectivity index (χ3v) is 6.14. The fourth-order valence-electron chi connectivity index (χ4n) is 4.40. The van der Waals surface area contributed by atoms with Crippen molar-refractivity contribution in [3.8, 4) is 23.1 Å². The first-order valence-corrected chi connectivity index (χ1v) is 11.1. The Hall–Kier alpha value is -3.33. The molecule has 7 nitrogen and oxygen atoms in total. The van der Waals surface area contributed by atoms with Crippen LogP contribution in [-0.2, 0) is 4.79 Å². The van der Waals surface area contributed by atoms with Crippen LogP contribution in [0.4, 0.5) is 4.39 Å². The number of carbonyl (C=O) groups excluding carboxylic acids is 1. The van der Waals surface area contributed by atoms with E-state index in [-0.39, 0.29) is 30.9 Å². The van der Waals surface area contributed by atoms with Crippen LogP contribution in [0.3, 0.4) is 0 Å². The normalized spacial score (nSPS) is 15.1. The van der Waals surface area contributed by atoms with Gasteiger partial charge in [0.1, 0.15) is 23.0 Å². The third kappa shape index (κ3) is 4.97. The Labute approximate surface area is 221 Å². The van der Waals surface area contributed by atoms with Crippen LogP contribution in [-0.4, -0.2) is 47.6 Å². The lowest BCUT2D eigenvalue weighted by Gasteiger charge is -2.33. The number of aromatic nitrogens is 2. The molecule has 0 aliphatic carbocycles. The van der Waals surface area contributed by atoms with Crippen LogP contribution < -0.4 is 14.8 Å². The van der Waals surface area contributed by atoms with Crippen molar-refractivity contribution >= 4 is 42.3 Å². The SMILES string of the molecule is COc1cnc2c(c1)c(C1CNCCN1C=O)c(Oc1cc(F)ccc1C)n2-c1ccccc1.Cl.Cl. The monoisotopic (exact) mass is 532 g/mol. The van der Waals surface area contributed by atoms with Crippen molar-refractivity contribution in [1.29, 1.82) is 0 Å². The van der Waals surface area contributed by atoms with Crippen molar-refractivity contribution in [1.82, 2.24) is 19.8 Å². The van der Waals surface area contributed by atoms with Gasteiger partial charge in [-0.1, -0.05) is 24.3 Å². The van der Waals surface area contributed by atoms with Gasteiger partial charge in [0, 0.05) is 36.7 Å². The number of amides is 1. The van der Waals surface area contributed by atoms with Crippen LogP contribution in [0, 0.1) is 12.7 Å². The van der Waals surface area contributed by atoms with Gasteiger partial charge in [-0.15, -0.1) is 24.8 Å². The molecule has 1 fully saturated rings. The van der Waals surface area contributed by atoms with Gasteiger partial charge in [-0.3, -0.25) is 9.36 Å². The number of nitrogens with one attached hydrogen (secondary N) is 1. The van der Waals surface area contributed by atoms with E-state index in [2.05, 4.69) is 5.32 Å². The molecule has 0 saturated carbocycles. The number of aryl methyl sites for hydroxylation is 1. The van der Waals surface area contributed by atoms with Gasteiger partial charge in [-0.05, 0) is 36.8 Å². The zero-order chi connectivity index (χ0) is 23.7. The number of ether oxygens (including phenoxy) is 2. The fourth-order valence-corrected chi connectivity index (χ4v) is 4.40. The van der Waals surface area contributed by atoms with Gasteiger partial charge in [0.25, 0.3) is 0 Å². The summed E-state index contributed by atoms with van der Waals surface area (Å²) in [7, 11) is 1.59. The molecule has 0 bridgehead atoms. The molecule has 190 valence electrons. The number of methoxy groups -OCH3 is 1. The summed E-state index contributed by atoms with van der Waals surface area (Å²) in [5.41, 5.74) is 3.06. The third-order valence-electron chi connectivity index (χ3n) is 6.14. The van der Waals surface area contributed by atoms with Gasteiger partial charge >= 0.3 is 0 Å². The molecular weight excluding hydrogens is 506 g/mol. The Morgan fingerprint density at radius 3 is 2.64 bits per heavy atom. The molecule has 2 aromatic carbocycles. The number of para-hydroxylation sites is 1. The molecule has 1 atom stereocenters. The van der Waals surface area contributed by atoms with Gasteiger partial charge in [-0.2, -0.15) is 0 Å². The van der Waals surface area contributed by atoms with Crippen LogP contribution in [0.2, 0.25) is 0 Å². The topological polar surface area (TPSA) is 68.6 Å². The lowest BCUT2D eigenvalue weighted by molar-refractivity contribution is -0.121. The van der Waals surface area contributed by atoms with E-state index in [1.807, 2.05) is 47.9 Å². The Balaban J connectivity index is 0.00000180. The van der Waals surface area contributed by atoms with Crippen molar-refractivity contribution in [3.63, 3.8) is 0 Å². The first-order chi connectivity index (χ1) is 16.6. The van der Waals surface area contributed by atoms with Gasteiger partial charge in [0.2, 0.25) is 12.3 Å². The van der Waals surface area contributed by atoms with E-state index >= 15 is 0 Å². The molecule has 0 spiro atoms. The minimum Gasteiger partial charge on any atom is -0.495 e. The van der Waals surface area contributed by atoms with Crippen molar-refractivity contribution in [2.45, 2.75) is 13.0 Å². The second kappa shape index (κ2) is 11.6. The molecule has 10 heteroatoms. The first-order valence-electron chi connectivity index (χ1n) is 11.1. The number of nitrogens with zero attached hydrogens (tertiary/aromatic N) is 3. The lowest BCUT2D eigenvalue weighted by atomic mass is 10.0.